The van der Waals surface area contributed by atoms with Crippen LogP contribution >= 0.6 is 0 Å². The molecule has 1 amide bonds. The van der Waals surface area contributed by atoms with Crippen LogP contribution in [0.4, 0.5) is 0 Å². The van der Waals surface area contributed by atoms with Crippen molar-refractivity contribution in [3.63, 3.8) is 0 Å². The quantitative estimate of drug-likeness (QED) is 0.653. The van der Waals surface area contributed by atoms with Crippen molar-refractivity contribution in [3.8, 4) is 11.5 Å². The van der Waals surface area contributed by atoms with Crippen molar-refractivity contribution in [2.45, 2.75) is 19.0 Å². The van der Waals surface area contributed by atoms with Crippen LogP contribution in [-0.4, -0.2) is 40.3 Å². The van der Waals surface area contributed by atoms with Crippen molar-refractivity contribution in [3.05, 3.63) is 66.0 Å². The standard InChI is InChI=1S/C19H21N5O3/c1-26-17-9-8-15(11-18(17)27-2)12-20-19(25)16(24-13-21-22-23-24)10-14-6-4-3-5-7-14/h3-9,11,13,16H,10,12H2,1-2H3,(H,20,25)/t16-/m0/s1. The fourth-order valence-electron chi connectivity index (χ4n) is 2.75. The molecule has 0 fully saturated rings. The zero-order chi connectivity index (χ0) is 19.1. The van der Waals surface area contributed by atoms with Gasteiger partial charge >= 0.3 is 0 Å². The molecule has 0 saturated heterocycles. The summed E-state index contributed by atoms with van der Waals surface area (Å²) in [5.41, 5.74) is 1.93. The predicted molar refractivity (Wildman–Crippen MR) is 98.4 cm³/mol. The number of aromatic nitrogens is 4. The van der Waals surface area contributed by atoms with E-state index < -0.39 is 6.04 Å². The Labute approximate surface area is 157 Å². The molecule has 2 aromatic carbocycles. The molecule has 3 rings (SSSR count). The Balaban J connectivity index is 1.71. The Kier molecular flexibility index (Phi) is 5.98. The Morgan fingerprint density at radius 1 is 1.07 bits per heavy atom. The minimum Gasteiger partial charge on any atom is -0.493 e. The van der Waals surface area contributed by atoms with E-state index in [2.05, 4.69) is 20.8 Å². The second kappa shape index (κ2) is 8.79. The van der Waals surface area contributed by atoms with Gasteiger partial charge in [0.1, 0.15) is 12.4 Å². The van der Waals surface area contributed by atoms with Crippen molar-refractivity contribution < 1.29 is 14.3 Å². The largest absolute Gasteiger partial charge is 0.493 e. The summed E-state index contributed by atoms with van der Waals surface area (Å²) in [5.74, 6) is 1.09. The van der Waals surface area contributed by atoms with Crippen molar-refractivity contribution in [2.24, 2.45) is 0 Å². The van der Waals surface area contributed by atoms with Crippen LogP contribution < -0.4 is 14.8 Å². The monoisotopic (exact) mass is 367 g/mol. The van der Waals surface area contributed by atoms with Crippen LogP contribution in [0.15, 0.2) is 54.9 Å². The fourth-order valence-corrected chi connectivity index (χ4v) is 2.75. The summed E-state index contributed by atoms with van der Waals surface area (Å²) in [4.78, 5) is 12.8. The van der Waals surface area contributed by atoms with Crippen LogP contribution in [0.3, 0.4) is 0 Å². The molecule has 8 heteroatoms. The van der Waals surface area contributed by atoms with Crippen LogP contribution in [0.1, 0.15) is 17.2 Å². The number of amides is 1. The molecule has 0 saturated carbocycles. The number of carbonyl (C=O) groups is 1. The van der Waals surface area contributed by atoms with Crippen LogP contribution in [0.25, 0.3) is 0 Å². The maximum atomic E-state index is 12.8. The molecule has 0 aliphatic heterocycles. The molecule has 140 valence electrons. The van der Waals surface area contributed by atoms with Gasteiger partial charge in [0.05, 0.1) is 14.2 Å². The highest BCUT2D eigenvalue weighted by Gasteiger charge is 2.22. The van der Waals surface area contributed by atoms with E-state index in [1.54, 1.807) is 14.2 Å². The molecule has 0 spiro atoms. The number of tetrazole rings is 1. The highest BCUT2D eigenvalue weighted by atomic mass is 16.5. The minimum atomic E-state index is -0.539. The average molecular weight is 367 g/mol. The summed E-state index contributed by atoms with van der Waals surface area (Å²) in [7, 11) is 3.16. The van der Waals surface area contributed by atoms with Gasteiger partial charge in [0.15, 0.2) is 11.5 Å². The summed E-state index contributed by atoms with van der Waals surface area (Å²) in [5, 5.41) is 14.1. The van der Waals surface area contributed by atoms with Gasteiger partial charge in [-0.05, 0) is 33.7 Å². The zero-order valence-electron chi connectivity index (χ0n) is 15.2. The van der Waals surface area contributed by atoms with Crippen molar-refractivity contribution in [2.75, 3.05) is 14.2 Å². The second-order valence-corrected chi connectivity index (χ2v) is 5.90. The molecule has 1 N–H and O–H groups in total. The van der Waals surface area contributed by atoms with Gasteiger partial charge in [-0.15, -0.1) is 5.10 Å². The molecule has 0 unspecified atom stereocenters. The van der Waals surface area contributed by atoms with Gasteiger partial charge in [0.2, 0.25) is 5.91 Å². The molecule has 0 radical (unpaired) electrons. The normalized spacial score (nSPS) is 11.6. The highest BCUT2D eigenvalue weighted by molar-refractivity contribution is 5.80. The SMILES string of the molecule is COc1ccc(CNC(=O)[C@H](Cc2ccccc2)n2cnnn2)cc1OC. The number of hydrogen-bond donors (Lipinski definition) is 1. The summed E-state index contributed by atoms with van der Waals surface area (Å²) in [6.07, 6.45) is 1.94. The number of rotatable bonds is 8. The van der Waals surface area contributed by atoms with Gasteiger partial charge in [-0.2, -0.15) is 0 Å². The Bertz CT molecular complexity index is 868. The van der Waals surface area contributed by atoms with Gasteiger partial charge in [-0.1, -0.05) is 36.4 Å². The summed E-state index contributed by atoms with van der Waals surface area (Å²) < 4.78 is 12.0. The van der Waals surface area contributed by atoms with Crippen LogP contribution in [0.2, 0.25) is 0 Å². The fraction of sp³-hybridized carbons (Fsp3) is 0.263. The number of nitrogens with one attached hydrogen (secondary N) is 1. The van der Waals surface area contributed by atoms with E-state index in [0.29, 0.717) is 24.5 Å². The maximum Gasteiger partial charge on any atom is 0.245 e. The number of nitrogens with zero attached hydrogens (tertiary/aromatic N) is 4. The Hall–Kier alpha value is -3.42. The van der Waals surface area contributed by atoms with Crippen molar-refractivity contribution in [1.82, 2.24) is 25.5 Å². The lowest BCUT2D eigenvalue weighted by molar-refractivity contribution is -0.124. The smallest absolute Gasteiger partial charge is 0.245 e. The number of benzene rings is 2. The van der Waals surface area contributed by atoms with Crippen LogP contribution in [0, 0.1) is 0 Å². The number of carbonyl (C=O) groups excluding carboxylic acids is 1. The molecule has 1 heterocycles. The first kappa shape index (κ1) is 18.4. The first-order chi connectivity index (χ1) is 13.2. The van der Waals surface area contributed by atoms with Gasteiger partial charge < -0.3 is 14.8 Å². The highest BCUT2D eigenvalue weighted by Crippen LogP contribution is 2.27. The third-order valence-corrected chi connectivity index (χ3v) is 4.17. The zero-order valence-corrected chi connectivity index (χ0v) is 15.2. The molecule has 8 nitrogen and oxygen atoms in total. The molecule has 1 aromatic heterocycles. The van der Waals surface area contributed by atoms with Crippen molar-refractivity contribution in [1.29, 1.82) is 0 Å². The molecule has 0 aliphatic rings. The molecule has 1 atom stereocenters. The molecule has 27 heavy (non-hydrogen) atoms. The molecule has 0 bridgehead atoms. The van der Waals surface area contributed by atoms with E-state index >= 15 is 0 Å². The van der Waals surface area contributed by atoms with E-state index in [0.717, 1.165) is 11.1 Å². The lowest BCUT2D eigenvalue weighted by Gasteiger charge is -2.17. The third kappa shape index (κ3) is 4.60. The predicted octanol–water partition coefficient (Wildman–Crippen LogP) is 1.79. The van der Waals surface area contributed by atoms with E-state index in [1.165, 1.54) is 11.0 Å². The summed E-state index contributed by atoms with van der Waals surface area (Å²) in [6, 6.07) is 14.7. The van der Waals surface area contributed by atoms with Gasteiger partial charge in [0, 0.05) is 13.0 Å². The first-order valence-electron chi connectivity index (χ1n) is 8.46. The lowest BCUT2D eigenvalue weighted by Crippen LogP contribution is -2.34. The number of methoxy groups -OCH3 is 2. The topological polar surface area (TPSA) is 91.2 Å². The lowest BCUT2D eigenvalue weighted by atomic mass is 10.1. The van der Waals surface area contributed by atoms with Crippen LogP contribution in [0.5, 0.6) is 11.5 Å². The molecular weight excluding hydrogens is 346 g/mol. The maximum absolute atomic E-state index is 12.8. The number of hydrogen-bond acceptors (Lipinski definition) is 6. The molecule has 3 aromatic rings. The first-order valence-corrected chi connectivity index (χ1v) is 8.46. The van der Waals surface area contributed by atoms with E-state index in [-0.39, 0.29) is 5.91 Å². The summed E-state index contributed by atoms with van der Waals surface area (Å²) >= 11 is 0. The average Bonchev–Trinajstić information content (AvgIpc) is 3.25. The molecular formula is C19H21N5O3. The second-order valence-electron chi connectivity index (χ2n) is 5.90. The van der Waals surface area contributed by atoms with Gasteiger partial charge in [-0.3, -0.25) is 4.79 Å². The number of ether oxygens (including phenoxy) is 2. The minimum absolute atomic E-state index is 0.166. The Morgan fingerprint density at radius 3 is 2.52 bits per heavy atom. The van der Waals surface area contributed by atoms with E-state index in [1.807, 2.05) is 48.5 Å². The van der Waals surface area contributed by atoms with Gasteiger partial charge in [0.25, 0.3) is 0 Å². The van der Waals surface area contributed by atoms with Gasteiger partial charge in [-0.25, -0.2) is 4.68 Å². The van der Waals surface area contributed by atoms with E-state index in [9.17, 15) is 4.79 Å². The van der Waals surface area contributed by atoms with E-state index in [4.69, 9.17) is 9.47 Å². The van der Waals surface area contributed by atoms with Crippen LogP contribution in [-0.2, 0) is 17.8 Å². The molecule has 0 aliphatic carbocycles. The van der Waals surface area contributed by atoms with Crippen molar-refractivity contribution >= 4 is 5.91 Å². The Morgan fingerprint density at radius 2 is 1.85 bits per heavy atom. The third-order valence-electron chi connectivity index (χ3n) is 4.17. The summed E-state index contributed by atoms with van der Waals surface area (Å²) in [6.45, 7) is 0.354.